The van der Waals surface area contributed by atoms with E-state index in [-0.39, 0.29) is 19.5 Å². The van der Waals surface area contributed by atoms with Gasteiger partial charge in [-0.05, 0) is 40.2 Å². The largest absolute Gasteiger partial charge is 0.481 e. The molecule has 9 nitrogen and oxygen atoms in total. The molecule has 0 aliphatic carbocycles. The number of nitrogens with zero attached hydrogens (tertiary/aromatic N) is 3. The van der Waals surface area contributed by atoms with Crippen LogP contribution in [0.3, 0.4) is 0 Å². The second-order valence-electron chi connectivity index (χ2n) is 9.17. The summed E-state index contributed by atoms with van der Waals surface area (Å²) in [7, 11) is 1.75. The first kappa shape index (κ1) is 26.0. The number of unbranched alkanes of at least 4 members (excludes halogenated alkanes) is 1. The van der Waals surface area contributed by atoms with E-state index in [1.165, 1.54) is 0 Å². The molecule has 2 saturated heterocycles. The lowest BCUT2D eigenvalue weighted by atomic mass is 9.56. The summed E-state index contributed by atoms with van der Waals surface area (Å²) in [6.07, 6.45) is 5.85. The van der Waals surface area contributed by atoms with Crippen LogP contribution >= 0.6 is 0 Å². The van der Waals surface area contributed by atoms with Crippen molar-refractivity contribution in [2.24, 2.45) is 15.8 Å². The number of likely N-dealkylation sites (N-methyl/N-ethyl adjacent to an activating group) is 1. The highest BCUT2D eigenvalue weighted by atomic mass is 16.4. The maximum Gasteiger partial charge on any atom is 0.320 e. The molecule has 0 radical (unpaired) electrons. The van der Waals surface area contributed by atoms with E-state index in [1.54, 1.807) is 32.0 Å². The van der Waals surface area contributed by atoms with Crippen LogP contribution in [0, 0.1) is 10.8 Å². The first-order valence-corrected chi connectivity index (χ1v) is 11.4. The van der Waals surface area contributed by atoms with Crippen molar-refractivity contribution < 1.29 is 29.7 Å². The number of aliphatic carboxylic acids is 3. The van der Waals surface area contributed by atoms with Crippen LogP contribution in [0.25, 0.3) is 0 Å². The van der Waals surface area contributed by atoms with E-state index in [2.05, 4.69) is 4.99 Å². The predicted octanol–water partition coefficient (Wildman–Crippen LogP) is 2.56. The molecule has 3 N–H and O–H groups in total. The quantitative estimate of drug-likeness (QED) is 0.432. The van der Waals surface area contributed by atoms with Crippen molar-refractivity contribution in [1.82, 2.24) is 9.80 Å². The minimum absolute atomic E-state index is 0.000141. The summed E-state index contributed by atoms with van der Waals surface area (Å²) in [5.74, 6) is -3.26. The van der Waals surface area contributed by atoms with E-state index in [0.717, 1.165) is 6.42 Å². The second-order valence-corrected chi connectivity index (χ2v) is 9.17. The van der Waals surface area contributed by atoms with Crippen LogP contribution in [0.1, 0.15) is 59.8 Å². The van der Waals surface area contributed by atoms with Gasteiger partial charge in [-0.1, -0.05) is 32.8 Å². The fourth-order valence-electron chi connectivity index (χ4n) is 5.67. The van der Waals surface area contributed by atoms with Crippen molar-refractivity contribution in [3.05, 3.63) is 11.8 Å². The van der Waals surface area contributed by atoms with Gasteiger partial charge in [0.1, 0.15) is 11.5 Å². The van der Waals surface area contributed by atoms with Crippen molar-refractivity contribution in [2.75, 3.05) is 20.1 Å². The lowest BCUT2D eigenvalue weighted by Crippen LogP contribution is -2.75. The SMILES string of the molecule is CC=N/C(=C\CC)[C@H]1N(C)[C@@H](C)C2(C(=O)O)CN(C(CCCC)C(=O)O)CC1(C(=O)O)C2. The van der Waals surface area contributed by atoms with E-state index in [4.69, 9.17) is 0 Å². The van der Waals surface area contributed by atoms with Gasteiger partial charge >= 0.3 is 17.9 Å². The van der Waals surface area contributed by atoms with Crippen molar-refractivity contribution >= 4 is 24.1 Å². The third kappa shape index (κ3) is 4.32. The van der Waals surface area contributed by atoms with Gasteiger partial charge in [-0.3, -0.25) is 29.2 Å². The summed E-state index contributed by atoms with van der Waals surface area (Å²) in [4.78, 5) is 45.6. The van der Waals surface area contributed by atoms with Crippen LogP contribution in [-0.2, 0) is 14.4 Å². The molecular formula is C23H37N3O6. The van der Waals surface area contributed by atoms with Gasteiger partial charge in [0, 0.05) is 25.3 Å². The minimum atomic E-state index is -1.51. The number of piperidine rings is 2. The molecule has 2 rings (SSSR count). The van der Waals surface area contributed by atoms with Crippen LogP contribution in [0.5, 0.6) is 0 Å². The third-order valence-corrected chi connectivity index (χ3v) is 7.32. The van der Waals surface area contributed by atoms with Crippen LogP contribution in [0.2, 0.25) is 0 Å². The second kappa shape index (κ2) is 10.1. The van der Waals surface area contributed by atoms with Gasteiger partial charge < -0.3 is 15.3 Å². The first-order valence-electron chi connectivity index (χ1n) is 11.4. The van der Waals surface area contributed by atoms with Crippen molar-refractivity contribution in [2.45, 2.75) is 77.9 Å². The van der Waals surface area contributed by atoms with Gasteiger partial charge in [0.2, 0.25) is 0 Å². The molecule has 2 aliphatic heterocycles. The topological polar surface area (TPSA) is 131 Å². The van der Waals surface area contributed by atoms with E-state index in [0.29, 0.717) is 25.0 Å². The Kier molecular flexibility index (Phi) is 8.22. The number of fused-ring (bicyclic) bond motifs is 2. The fraction of sp³-hybridized carbons (Fsp3) is 0.739. The molecule has 3 unspecified atom stereocenters. The zero-order valence-corrected chi connectivity index (χ0v) is 19.7. The number of likely N-dealkylation sites (tertiary alicyclic amines) is 2. The lowest BCUT2D eigenvalue weighted by Gasteiger charge is -2.62. The molecule has 0 aromatic heterocycles. The molecule has 0 saturated carbocycles. The number of carboxylic acid groups (broad SMARTS) is 3. The Balaban J connectivity index is 2.74. The summed E-state index contributed by atoms with van der Waals surface area (Å²) in [6.45, 7) is 7.39. The van der Waals surface area contributed by atoms with Gasteiger partial charge in [-0.15, -0.1) is 0 Å². The number of allylic oxidation sites excluding steroid dienone is 1. The zero-order valence-electron chi connectivity index (χ0n) is 19.7. The molecule has 2 bridgehead atoms. The van der Waals surface area contributed by atoms with Crippen LogP contribution in [0.4, 0.5) is 0 Å². The van der Waals surface area contributed by atoms with Gasteiger partial charge in [-0.25, -0.2) is 0 Å². The summed E-state index contributed by atoms with van der Waals surface area (Å²) in [5.41, 5.74) is -2.34. The van der Waals surface area contributed by atoms with E-state index in [1.807, 2.05) is 24.8 Å². The highest BCUT2D eigenvalue weighted by molar-refractivity contribution is 5.83. The molecule has 32 heavy (non-hydrogen) atoms. The Morgan fingerprint density at radius 3 is 2.19 bits per heavy atom. The number of hydrogen-bond donors (Lipinski definition) is 3. The maximum atomic E-state index is 12.9. The standard InChI is InChI=1S/C23H37N3O6/c1-6-9-11-17(19(27)28)26-13-22(20(29)30)12-23(14-26,21(31)32)18(25(5)15(22)4)16(10-7-2)24-8-3/h8,10,15,17-18H,6-7,9,11-14H2,1-5H3,(H,27,28)(H,29,30)(H,31,32)/b16-10-,24-8?/t15-,17?,18+,22?,23?/m0/s1. The monoisotopic (exact) mass is 451 g/mol. The Morgan fingerprint density at radius 2 is 1.72 bits per heavy atom. The van der Waals surface area contributed by atoms with Gasteiger partial charge in [0.05, 0.1) is 17.2 Å². The summed E-state index contributed by atoms with van der Waals surface area (Å²) >= 11 is 0. The highest BCUT2D eigenvalue weighted by Crippen LogP contribution is 2.54. The molecule has 2 fully saturated rings. The van der Waals surface area contributed by atoms with E-state index < -0.39 is 46.9 Å². The van der Waals surface area contributed by atoms with E-state index in [9.17, 15) is 29.7 Å². The number of rotatable bonds is 10. The average molecular weight is 452 g/mol. The molecule has 2 aliphatic rings. The van der Waals surface area contributed by atoms with Crippen molar-refractivity contribution in [1.29, 1.82) is 0 Å². The molecule has 5 atom stereocenters. The normalized spacial score (nSPS) is 32.7. The molecule has 2 heterocycles. The molecule has 0 aromatic carbocycles. The summed E-state index contributed by atoms with van der Waals surface area (Å²) in [5, 5.41) is 30.8. The predicted molar refractivity (Wildman–Crippen MR) is 121 cm³/mol. The van der Waals surface area contributed by atoms with E-state index >= 15 is 0 Å². The van der Waals surface area contributed by atoms with Crippen LogP contribution in [0.15, 0.2) is 16.8 Å². The first-order chi connectivity index (χ1) is 15.0. The maximum absolute atomic E-state index is 12.9. The summed E-state index contributed by atoms with van der Waals surface area (Å²) in [6, 6.07) is -2.13. The Bertz CT molecular complexity index is 797. The number of aliphatic imine (C=N–C) groups is 1. The van der Waals surface area contributed by atoms with Crippen LogP contribution in [-0.4, -0.2) is 87.5 Å². The number of carbonyl (C=O) groups is 3. The fourth-order valence-corrected chi connectivity index (χ4v) is 5.67. The van der Waals surface area contributed by atoms with Crippen molar-refractivity contribution in [3.8, 4) is 0 Å². The lowest BCUT2D eigenvalue weighted by molar-refractivity contribution is -0.200. The Hall–Kier alpha value is -2.26. The smallest absolute Gasteiger partial charge is 0.320 e. The van der Waals surface area contributed by atoms with Crippen molar-refractivity contribution in [3.63, 3.8) is 0 Å². The number of carboxylic acids is 3. The molecule has 0 aromatic rings. The molecular weight excluding hydrogens is 414 g/mol. The van der Waals surface area contributed by atoms with Gasteiger partial charge in [0.25, 0.3) is 0 Å². The third-order valence-electron chi connectivity index (χ3n) is 7.32. The number of hydrogen-bond acceptors (Lipinski definition) is 6. The van der Waals surface area contributed by atoms with Gasteiger partial charge in [-0.2, -0.15) is 0 Å². The van der Waals surface area contributed by atoms with Gasteiger partial charge in [0.15, 0.2) is 0 Å². The molecule has 180 valence electrons. The molecule has 0 amide bonds. The molecule has 9 heteroatoms. The average Bonchev–Trinajstić information content (AvgIpc) is 2.72. The summed E-state index contributed by atoms with van der Waals surface area (Å²) < 4.78 is 0. The minimum Gasteiger partial charge on any atom is -0.481 e. The Morgan fingerprint density at radius 1 is 1.12 bits per heavy atom. The Labute approximate surface area is 189 Å². The van der Waals surface area contributed by atoms with Crippen LogP contribution < -0.4 is 0 Å². The molecule has 0 spiro atoms. The highest BCUT2D eigenvalue weighted by Gasteiger charge is 2.67. The zero-order chi connectivity index (χ0) is 24.3.